The van der Waals surface area contributed by atoms with Crippen molar-refractivity contribution < 1.29 is 0 Å². The standard InChI is InChI=1S/C17H16N2/c1-12-9-15(10-18)19-11-16(12)13-3-5-14(6-4-13)17(2)7-8-17/h3-6,9,11H,7-8H2,1-2H3. The first-order valence-corrected chi connectivity index (χ1v) is 6.60. The molecule has 94 valence electrons. The van der Waals surface area contributed by atoms with Crippen molar-refractivity contribution in [1.29, 1.82) is 5.26 Å². The molecule has 2 nitrogen and oxygen atoms in total. The van der Waals surface area contributed by atoms with Gasteiger partial charge in [0.25, 0.3) is 0 Å². The number of nitrogens with zero attached hydrogens (tertiary/aromatic N) is 2. The van der Waals surface area contributed by atoms with Crippen LogP contribution in [0.15, 0.2) is 36.5 Å². The first-order chi connectivity index (χ1) is 9.12. The molecule has 1 aliphatic rings. The lowest BCUT2D eigenvalue weighted by Crippen LogP contribution is -1.98. The number of rotatable bonds is 2. The zero-order chi connectivity index (χ0) is 13.5. The van der Waals surface area contributed by atoms with Gasteiger partial charge in [0.2, 0.25) is 0 Å². The van der Waals surface area contributed by atoms with Crippen molar-refractivity contribution >= 4 is 0 Å². The second kappa shape index (κ2) is 4.20. The molecule has 0 bridgehead atoms. The van der Waals surface area contributed by atoms with Crippen LogP contribution in [0, 0.1) is 18.3 Å². The predicted molar refractivity (Wildman–Crippen MR) is 75.7 cm³/mol. The topological polar surface area (TPSA) is 36.7 Å². The van der Waals surface area contributed by atoms with E-state index in [4.69, 9.17) is 5.26 Å². The quantitative estimate of drug-likeness (QED) is 0.806. The zero-order valence-corrected chi connectivity index (χ0v) is 11.3. The fourth-order valence-electron chi connectivity index (χ4n) is 2.45. The number of benzene rings is 1. The summed E-state index contributed by atoms with van der Waals surface area (Å²) in [5.74, 6) is 0. The summed E-state index contributed by atoms with van der Waals surface area (Å²) in [7, 11) is 0. The maximum Gasteiger partial charge on any atom is 0.140 e. The highest BCUT2D eigenvalue weighted by Crippen LogP contribution is 2.47. The zero-order valence-electron chi connectivity index (χ0n) is 11.3. The van der Waals surface area contributed by atoms with Gasteiger partial charge >= 0.3 is 0 Å². The Labute approximate surface area is 113 Å². The van der Waals surface area contributed by atoms with Gasteiger partial charge in [0, 0.05) is 11.8 Å². The molecule has 2 aromatic rings. The Morgan fingerprint density at radius 2 is 1.89 bits per heavy atom. The van der Waals surface area contributed by atoms with Crippen molar-refractivity contribution in [2.45, 2.75) is 32.1 Å². The van der Waals surface area contributed by atoms with E-state index in [-0.39, 0.29) is 0 Å². The largest absolute Gasteiger partial charge is 0.245 e. The fourth-order valence-corrected chi connectivity index (χ4v) is 2.45. The number of pyridine rings is 1. The minimum atomic E-state index is 0.413. The van der Waals surface area contributed by atoms with Gasteiger partial charge in [-0.15, -0.1) is 0 Å². The molecular formula is C17H16N2. The lowest BCUT2D eigenvalue weighted by molar-refractivity contribution is 0.788. The van der Waals surface area contributed by atoms with Crippen LogP contribution in [0.1, 0.15) is 36.6 Å². The summed E-state index contributed by atoms with van der Waals surface area (Å²) in [6.45, 7) is 4.34. The van der Waals surface area contributed by atoms with Crippen LogP contribution >= 0.6 is 0 Å². The lowest BCUT2D eigenvalue weighted by Gasteiger charge is -2.11. The van der Waals surface area contributed by atoms with E-state index >= 15 is 0 Å². The minimum absolute atomic E-state index is 0.413. The summed E-state index contributed by atoms with van der Waals surface area (Å²) < 4.78 is 0. The number of hydrogen-bond acceptors (Lipinski definition) is 2. The Kier molecular flexibility index (Phi) is 2.64. The van der Waals surface area contributed by atoms with E-state index in [1.54, 1.807) is 6.20 Å². The van der Waals surface area contributed by atoms with Gasteiger partial charge in [0.1, 0.15) is 11.8 Å². The van der Waals surface area contributed by atoms with Gasteiger partial charge < -0.3 is 0 Å². The van der Waals surface area contributed by atoms with Crippen LogP contribution < -0.4 is 0 Å². The lowest BCUT2D eigenvalue weighted by atomic mass is 9.95. The van der Waals surface area contributed by atoms with Crippen molar-refractivity contribution in [1.82, 2.24) is 4.98 Å². The van der Waals surface area contributed by atoms with E-state index in [1.807, 2.05) is 13.0 Å². The Balaban J connectivity index is 1.96. The summed E-state index contributed by atoms with van der Waals surface area (Å²) in [6.07, 6.45) is 4.38. The first-order valence-electron chi connectivity index (χ1n) is 6.60. The molecule has 1 aromatic carbocycles. The molecule has 1 aromatic heterocycles. The van der Waals surface area contributed by atoms with Gasteiger partial charge in [-0.05, 0) is 47.9 Å². The summed E-state index contributed by atoms with van der Waals surface area (Å²) in [6, 6.07) is 12.7. The average molecular weight is 248 g/mol. The van der Waals surface area contributed by atoms with Crippen molar-refractivity contribution in [3.63, 3.8) is 0 Å². The molecule has 1 aliphatic carbocycles. The highest BCUT2D eigenvalue weighted by atomic mass is 14.7. The Morgan fingerprint density at radius 3 is 2.42 bits per heavy atom. The Hall–Kier alpha value is -2.14. The summed E-state index contributed by atoms with van der Waals surface area (Å²) in [5, 5.41) is 8.84. The maximum absolute atomic E-state index is 8.84. The number of hydrogen-bond donors (Lipinski definition) is 0. The highest BCUT2D eigenvalue weighted by molar-refractivity contribution is 5.67. The third-order valence-corrected chi connectivity index (χ3v) is 4.12. The van der Waals surface area contributed by atoms with Gasteiger partial charge in [-0.1, -0.05) is 31.2 Å². The monoisotopic (exact) mass is 248 g/mol. The van der Waals surface area contributed by atoms with E-state index in [9.17, 15) is 0 Å². The van der Waals surface area contributed by atoms with Gasteiger partial charge in [-0.25, -0.2) is 4.98 Å². The molecule has 1 heterocycles. The van der Waals surface area contributed by atoms with Crippen LogP contribution in [0.2, 0.25) is 0 Å². The molecule has 0 unspecified atom stereocenters. The Bertz CT molecular complexity index is 659. The summed E-state index contributed by atoms with van der Waals surface area (Å²) in [5.41, 5.74) is 5.68. The minimum Gasteiger partial charge on any atom is -0.245 e. The van der Waals surface area contributed by atoms with E-state index < -0.39 is 0 Å². The number of nitriles is 1. The second-order valence-electron chi connectivity index (χ2n) is 5.63. The normalized spacial score (nSPS) is 15.8. The third-order valence-electron chi connectivity index (χ3n) is 4.12. The van der Waals surface area contributed by atoms with E-state index in [0.29, 0.717) is 11.1 Å². The number of aromatic nitrogens is 1. The van der Waals surface area contributed by atoms with Crippen molar-refractivity contribution in [3.05, 3.63) is 53.3 Å². The average Bonchev–Trinajstić information content (AvgIpc) is 3.18. The molecule has 1 saturated carbocycles. The first kappa shape index (κ1) is 11.9. The van der Waals surface area contributed by atoms with Crippen LogP contribution in [-0.2, 0) is 5.41 Å². The SMILES string of the molecule is Cc1cc(C#N)ncc1-c1ccc(C2(C)CC2)cc1. The van der Waals surface area contributed by atoms with Gasteiger partial charge in [-0.2, -0.15) is 5.26 Å². The van der Waals surface area contributed by atoms with Crippen LogP contribution in [0.4, 0.5) is 0 Å². The highest BCUT2D eigenvalue weighted by Gasteiger charge is 2.38. The van der Waals surface area contributed by atoms with Gasteiger partial charge in [0.15, 0.2) is 0 Å². The van der Waals surface area contributed by atoms with Crippen LogP contribution in [0.3, 0.4) is 0 Å². The second-order valence-corrected chi connectivity index (χ2v) is 5.63. The van der Waals surface area contributed by atoms with Gasteiger partial charge in [-0.3, -0.25) is 0 Å². The smallest absolute Gasteiger partial charge is 0.140 e. The van der Waals surface area contributed by atoms with Crippen molar-refractivity contribution in [3.8, 4) is 17.2 Å². The molecule has 2 heteroatoms. The van der Waals surface area contributed by atoms with Gasteiger partial charge in [0.05, 0.1) is 0 Å². The van der Waals surface area contributed by atoms with Crippen LogP contribution in [0.5, 0.6) is 0 Å². The van der Waals surface area contributed by atoms with Crippen LogP contribution in [0.25, 0.3) is 11.1 Å². The maximum atomic E-state index is 8.84. The molecule has 0 saturated heterocycles. The van der Waals surface area contributed by atoms with Crippen molar-refractivity contribution in [2.24, 2.45) is 0 Å². The van der Waals surface area contributed by atoms with Crippen LogP contribution in [-0.4, -0.2) is 4.98 Å². The molecule has 3 rings (SSSR count). The molecule has 0 aliphatic heterocycles. The molecule has 0 radical (unpaired) electrons. The summed E-state index contributed by atoms with van der Waals surface area (Å²) in [4.78, 5) is 4.16. The molecule has 0 N–H and O–H groups in total. The van der Waals surface area contributed by atoms with E-state index in [0.717, 1.165) is 11.1 Å². The molecule has 0 amide bonds. The summed E-state index contributed by atoms with van der Waals surface area (Å²) >= 11 is 0. The molecular weight excluding hydrogens is 232 g/mol. The molecule has 0 spiro atoms. The fraction of sp³-hybridized carbons (Fsp3) is 0.294. The molecule has 0 atom stereocenters. The molecule has 19 heavy (non-hydrogen) atoms. The predicted octanol–water partition coefficient (Wildman–Crippen LogP) is 3.98. The van der Waals surface area contributed by atoms with E-state index in [1.165, 1.54) is 24.0 Å². The van der Waals surface area contributed by atoms with Crippen molar-refractivity contribution in [2.75, 3.05) is 0 Å². The molecule has 1 fully saturated rings. The third kappa shape index (κ3) is 2.13. The number of aryl methyl sites for hydroxylation is 1. The van der Waals surface area contributed by atoms with E-state index in [2.05, 4.69) is 42.2 Å². The Morgan fingerprint density at radius 1 is 1.21 bits per heavy atom.